The molecule has 16 heavy (non-hydrogen) atoms. The van der Waals surface area contributed by atoms with Crippen LogP contribution in [-0.2, 0) is 4.74 Å². The topological polar surface area (TPSA) is 102 Å². The average molecular weight is 235 g/mol. The Labute approximate surface area is 94.9 Å². The summed E-state index contributed by atoms with van der Waals surface area (Å²) in [5, 5.41) is 40.6. The van der Waals surface area contributed by atoms with Gasteiger partial charge in [-0.2, -0.15) is 0 Å². The second-order valence-corrected chi connectivity index (χ2v) is 4.60. The normalized spacial score (nSPS) is 39.6. The lowest BCUT2D eigenvalue weighted by Gasteiger charge is -2.32. The Balaban J connectivity index is 2.72. The van der Waals surface area contributed by atoms with Crippen LogP contribution in [0.15, 0.2) is 0 Å². The van der Waals surface area contributed by atoms with Crippen LogP contribution in [0.25, 0.3) is 0 Å². The van der Waals surface area contributed by atoms with Crippen molar-refractivity contribution in [1.29, 1.82) is 0 Å². The zero-order chi connectivity index (χ0) is 12.3. The summed E-state index contributed by atoms with van der Waals surface area (Å²) in [7, 11) is 0. The molecule has 1 heterocycles. The van der Waals surface area contributed by atoms with Crippen molar-refractivity contribution in [3.8, 4) is 0 Å². The van der Waals surface area contributed by atoms with Crippen molar-refractivity contribution in [2.45, 2.75) is 37.9 Å². The molecule has 1 rings (SSSR count). The Morgan fingerprint density at radius 2 is 1.94 bits per heavy atom. The third-order valence-electron chi connectivity index (χ3n) is 2.77. The molecule has 0 saturated carbocycles. The third kappa shape index (κ3) is 2.53. The maximum Gasteiger partial charge on any atom is 0.171 e. The molecule has 1 unspecified atom stereocenters. The third-order valence-corrected chi connectivity index (χ3v) is 2.77. The van der Waals surface area contributed by atoms with E-state index in [1.54, 1.807) is 0 Å². The van der Waals surface area contributed by atoms with Gasteiger partial charge >= 0.3 is 0 Å². The molecule has 1 aliphatic heterocycles. The van der Waals surface area contributed by atoms with Gasteiger partial charge in [-0.15, -0.1) is 0 Å². The molecule has 4 atom stereocenters. The quantitative estimate of drug-likeness (QED) is 0.379. The van der Waals surface area contributed by atoms with Gasteiger partial charge in [-0.05, 0) is 5.92 Å². The van der Waals surface area contributed by atoms with E-state index >= 15 is 0 Å². The molecule has 1 fully saturated rings. The fraction of sp³-hybridized carbons (Fsp3) is 1.00. The number of hydrogen-bond acceptors (Lipinski definition) is 6. The highest BCUT2D eigenvalue weighted by Gasteiger charge is 2.53. The fourth-order valence-electron chi connectivity index (χ4n) is 1.74. The molecule has 0 radical (unpaired) electrons. The van der Waals surface area contributed by atoms with E-state index in [0.717, 1.165) is 0 Å². The lowest BCUT2D eigenvalue weighted by atomic mass is 10.0. The fourth-order valence-corrected chi connectivity index (χ4v) is 1.74. The molecule has 0 aromatic carbocycles. The van der Waals surface area contributed by atoms with E-state index < -0.39 is 37.3 Å². The Kier molecular flexibility index (Phi) is 4.66. The largest absolute Gasteiger partial charge is 0.394 e. The Morgan fingerprint density at radius 3 is 2.31 bits per heavy atom. The van der Waals surface area contributed by atoms with E-state index in [2.05, 4.69) is 5.32 Å². The highest BCUT2D eigenvalue weighted by molar-refractivity contribution is 5.00. The summed E-state index contributed by atoms with van der Waals surface area (Å²) >= 11 is 0. The monoisotopic (exact) mass is 235 g/mol. The average Bonchev–Trinajstić information content (AvgIpc) is 2.51. The molecule has 0 aromatic heterocycles. The first-order valence-electron chi connectivity index (χ1n) is 5.47. The van der Waals surface area contributed by atoms with E-state index in [4.69, 9.17) is 9.84 Å². The number of hydrogen-bond donors (Lipinski definition) is 5. The van der Waals surface area contributed by atoms with Crippen molar-refractivity contribution in [1.82, 2.24) is 5.32 Å². The van der Waals surface area contributed by atoms with Gasteiger partial charge in [0.25, 0.3) is 0 Å². The zero-order valence-electron chi connectivity index (χ0n) is 9.63. The van der Waals surface area contributed by atoms with Crippen LogP contribution in [0.4, 0.5) is 0 Å². The zero-order valence-corrected chi connectivity index (χ0v) is 9.63. The molecule has 6 nitrogen and oxygen atoms in total. The second kappa shape index (κ2) is 5.39. The maximum absolute atomic E-state index is 9.81. The van der Waals surface area contributed by atoms with Gasteiger partial charge in [0.15, 0.2) is 5.72 Å². The molecule has 0 bridgehead atoms. The van der Waals surface area contributed by atoms with Crippen LogP contribution < -0.4 is 5.32 Å². The van der Waals surface area contributed by atoms with Crippen LogP contribution in [0, 0.1) is 5.92 Å². The molecule has 6 heteroatoms. The minimum Gasteiger partial charge on any atom is -0.394 e. The SMILES string of the molecule is CC(C)CNC1(CO)O[C@H](CO)[C@@H](O)[C@@H]1O. The van der Waals surface area contributed by atoms with Crippen LogP contribution in [0.1, 0.15) is 13.8 Å². The van der Waals surface area contributed by atoms with Crippen LogP contribution in [0.2, 0.25) is 0 Å². The number of rotatable bonds is 5. The summed E-state index contributed by atoms with van der Waals surface area (Å²) in [5.74, 6) is 0.310. The highest BCUT2D eigenvalue weighted by Crippen LogP contribution is 2.28. The molecule has 1 saturated heterocycles. The van der Waals surface area contributed by atoms with Gasteiger partial charge in [-0.3, -0.25) is 5.32 Å². The van der Waals surface area contributed by atoms with E-state index in [9.17, 15) is 15.3 Å². The van der Waals surface area contributed by atoms with Crippen molar-refractivity contribution < 1.29 is 25.2 Å². The molecule has 0 spiro atoms. The maximum atomic E-state index is 9.81. The van der Waals surface area contributed by atoms with Crippen LogP contribution in [0.5, 0.6) is 0 Å². The van der Waals surface area contributed by atoms with Crippen molar-refractivity contribution in [3.05, 3.63) is 0 Å². The summed E-state index contributed by atoms with van der Waals surface area (Å²) in [4.78, 5) is 0. The van der Waals surface area contributed by atoms with E-state index in [1.807, 2.05) is 13.8 Å². The molecule has 96 valence electrons. The first-order valence-corrected chi connectivity index (χ1v) is 5.47. The van der Waals surface area contributed by atoms with Crippen molar-refractivity contribution in [3.63, 3.8) is 0 Å². The molecule has 0 aliphatic carbocycles. The van der Waals surface area contributed by atoms with Gasteiger partial charge in [0, 0.05) is 6.54 Å². The number of aliphatic hydroxyl groups is 4. The molecule has 1 aliphatic rings. The van der Waals surface area contributed by atoms with E-state index in [0.29, 0.717) is 12.5 Å². The molecule has 0 amide bonds. The van der Waals surface area contributed by atoms with Crippen molar-refractivity contribution in [2.24, 2.45) is 5.92 Å². The minimum absolute atomic E-state index is 0.310. The van der Waals surface area contributed by atoms with E-state index in [-0.39, 0.29) is 0 Å². The smallest absolute Gasteiger partial charge is 0.171 e. The lowest BCUT2D eigenvalue weighted by molar-refractivity contribution is -0.139. The van der Waals surface area contributed by atoms with Gasteiger partial charge < -0.3 is 25.2 Å². The number of ether oxygens (including phenoxy) is 1. The number of aliphatic hydroxyl groups excluding tert-OH is 4. The Bertz CT molecular complexity index is 225. The van der Waals surface area contributed by atoms with Gasteiger partial charge in [-0.1, -0.05) is 13.8 Å². The van der Waals surface area contributed by atoms with Gasteiger partial charge in [-0.25, -0.2) is 0 Å². The number of nitrogens with one attached hydrogen (secondary N) is 1. The molecular formula is C10H21NO5. The van der Waals surface area contributed by atoms with Crippen LogP contribution in [0.3, 0.4) is 0 Å². The minimum atomic E-state index is -1.38. The summed E-state index contributed by atoms with van der Waals surface area (Å²) in [6, 6.07) is 0. The van der Waals surface area contributed by atoms with Gasteiger partial charge in [0.1, 0.15) is 18.3 Å². The first-order chi connectivity index (χ1) is 7.46. The van der Waals surface area contributed by atoms with Crippen LogP contribution in [-0.4, -0.2) is 64.2 Å². The second-order valence-electron chi connectivity index (χ2n) is 4.60. The summed E-state index contributed by atoms with van der Waals surface area (Å²) in [6.45, 7) is 3.61. The predicted molar refractivity (Wildman–Crippen MR) is 56.6 cm³/mol. The Morgan fingerprint density at radius 1 is 1.31 bits per heavy atom. The predicted octanol–water partition coefficient (Wildman–Crippen LogP) is -1.97. The standard InChI is InChI=1S/C10H21NO5/c1-6(2)3-11-10(5-13)9(15)8(14)7(4-12)16-10/h6-9,11-15H,3-5H2,1-2H3/t7-,8-,9+,10?/m1/s1. The summed E-state index contributed by atoms with van der Waals surface area (Å²) in [6.07, 6.45) is -3.33. The van der Waals surface area contributed by atoms with Gasteiger partial charge in [0.2, 0.25) is 0 Å². The van der Waals surface area contributed by atoms with Crippen LogP contribution >= 0.6 is 0 Å². The van der Waals surface area contributed by atoms with Crippen molar-refractivity contribution >= 4 is 0 Å². The van der Waals surface area contributed by atoms with E-state index in [1.165, 1.54) is 0 Å². The first kappa shape index (κ1) is 13.8. The molecular weight excluding hydrogens is 214 g/mol. The summed E-state index contributed by atoms with van der Waals surface area (Å²) in [5.41, 5.74) is -1.38. The summed E-state index contributed by atoms with van der Waals surface area (Å²) < 4.78 is 5.31. The van der Waals surface area contributed by atoms with Crippen molar-refractivity contribution in [2.75, 3.05) is 19.8 Å². The Hall–Kier alpha value is -0.240. The molecule has 5 N–H and O–H groups in total. The lowest BCUT2D eigenvalue weighted by Crippen LogP contribution is -2.58. The van der Waals surface area contributed by atoms with Gasteiger partial charge in [0.05, 0.1) is 13.2 Å². The highest BCUT2D eigenvalue weighted by atomic mass is 16.6. The molecule has 0 aromatic rings.